The van der Waals surface area contributed by atoms with Gasteiger partial charge in [-0.05, 0) is 49.8 Å². The van der Waals surface area contributed by atoms with Gasteiger partial charge in [-0.2, -0.15) is 0 Å². The number of hydrogen-bond acceptors (Lipinski definition) is 2. The summed E-state index contributed by atoms with van der Waals surface area (Å²) in [4.78, 5) is 14.0. The van der Waals surface area contributed by atoms with Gasteiger partial charge >= 0.3 is 5.97 Å². The molecule has 2 aliphatic heterocycles. The number of nitrogens with zero attached hydrogens (tertiary/aromatic N) is 1. The van der Waals surface area contributed by atoms with Crippen molar-refractivity contribution in [1.29, 1.82) is 0 Å². The zero-order valence-corrected chi connectivity index (χ0v) is 12.7. The van der Waals surface area contributed by atoms with Gasteiger partial charge < -0.3 is 5.11 Å². The molecule has 0 spiro atoms. The van der Waals surface area contributed by atoms with Gasteiger partial charge in [0.2, 0.25) is 0 Å². The molecule has 3 fully saturated rings. The molecule has 4 bridgehead atoms. The minimum atomic E-state index is -0.603. The molecule has 0 amide bonds. The zero-order valence-electron chi connectivity index (χ0n) is 12.7. The van der Waals surface area contributed by atoms with Gasteiger partial charge in [-0.1, -0.05) is 31.2 Å². The summed E-state index contributed by atoms with van der Waals surface area (Å²) in [6, 6.07) is 9.58. The maximum Gasteiger partial charge on any atom is 0.308 e. The molecule has 2 heterocycles. The minimum Gasteiger partial charge on any atom is -0.481 e. The topological polar surface area (TPSA) is 40.5 Å². The summed E-state index contributed by atoms with van der Waals surface area (Å²) in [7, 11) is 2.14. The van der Waals surface area contributed by atoms with Crippen molar-refractivity contribution in [2.24, 2.45) is 11.8 Å². The number of carboxylic acids is 1. The molecule has 3 unspecified atom stereocenters. The van der Waals surface area contributed by atoms with Crippen LogP contribution < -0.4 is 0 Å². The molecular formula is C18H23NO2. The first kappa shape index (κ1) is 13.3. The van der Waals surface area contributed by atoms with E-state index < -0.39 is 5.97 Å². The van der Waals surface area contributed by atoms with Crippen molar-refractivity contribution in [3.63, 3.8) is 0 Å². The second-order valence-corrected chi connectivity index (χ2v) is 7.16. The van der Waals surface area contributed by atoms with E-state index in [0.29, 0.717) is 12.0 Å². The first-order valence-corrected chi connectivity index (χ1v) is 8.11. The molecule has 0 aromatic heterocycles. The summed E-state index contributed by atoms with van der Waals surface area (Å²) < 4.78 is 0. The van der Waals surface area contributed by atoms with E-state index in [4.69, 9.17) is 0 Å². The molecule has 1 saturated carbocycles. The molecule has 112 valence electrons. The highest BCUT2D eigenvalue weighted by molar-refractivity contribution is 5.72. The van der Waals surface area contributed by atoms with Gasteiger partial charge in [0, 0.05) is 17.5 Å². The van der Waals surface area contributed by atoms with E-state index in [-0.39, 0.29) is 17.4 Å². The van der Waals surface area contributed by atoms with Crippen LogP contribution in [-0.2, 0) is 16.6 Å². The van der Waals surface area contributed by atoms with Crippen molar-refractivity contribution in [2.75, 3.05) is 7.05 Å². The van der Waals surface area contributed by atoms with Gasteiger partial charge in [0.05, 0.1) is 5.92 Å². The number of carboxylic acid groups (broad SMARTS) is 1. The molecule has 2 saturated heterocycles. The number of benzene rings is 1. The standard InChI is InChI=1S/C18H23NO2/c1-3-18-10-16-12(17(20)21)9-14(18)15(19(16)2)8-11-6-4-5-7-13(11)18/h4-7,12,14-16H,3,8-10H2,1-2H3,(H,20,21)/t12-,14?,15?,16?,18-/m0/s1. The fourth-order valence-electron chi connectivity index (χ4n) is 5.67. The van der Waals surface area contributed by atoms with Crippen LogP contribution in [0.3, 0.4) is 0 Å². The maximum atomic E-state index is 11.6. The highest BCUT2D eigenvalue weighted by Gasteiger charge is 2.61. The molecule has 1 aromatic rings. The van der Waals surface area contributed by atoms with Crippen molar-refractivity contribution in [3.05, 3.63) is 35.4 Å². The van der Waals surface area contributed by atoms with E-state index in [2.05, 4.69) is 43.1 Å². The summed E-state index contributed by atoms with van der Waals surface area (Å²) in [6.45, 7) is 2.29. The number of piperidine rings is 2. The van der Waals surface area contributed by atoms with Crippen LogP contribution in [0.25, 0.3) is 0 Å². The van der Waals surface area contributed by atoms with E-state index in [1.165, 1.54) is 11.1 Å². The lowest BCUT2D eigenvalue weighted by Gasteiger charge is -2.64. The fourth-order valence-corrected chi connectivity index (χ4v) is 5.67. The molecule has 5 rings (SSSR count). The molecule has 1 aromatic carbocycles. The smallest absolute Gasteiger partial charge is 0.308 e. The quantitative estimate of drug-likeness (QED) is 0.908. The van der Waals surface area contributed by atoms with Gasteiger partial charge in [0.1, 0.15) is 0 Å². The SMILES string of the molecule is CC[C@@]12CC3[C@@H](C(=O)O)CC1C(Cc1ccccc12)N3C. The molecule has 1 N–H and O–H groups in total. The fraction of sp³-hybridized carbons (Fsp3) is 0.611. The van der Waals surface area contributed by atoms with Gasteiger partial charge in [0.25, 0.3) is 0 Å². The average Bonchev–Trinajstić information content (AvgIpc) is 2.50. The van der Waals surface area contributed by atoms with Crippen LogP contribution in [0.1, 0.15) is 37.3 Å². The van der Waals surface area contributed by atoms with Gasteiger partial charge in [-0.15, -0.1) is 0 Å². The molecule has 2 aliphatic carbocycles. The zero-order chi connectivity index (χ0) is 14.8. The Hall–Kier alpha value is -1.35. The second kappa shape index (κ2) is 4.33. The molecule has 3 heteroatoms. The van der Waals surface area contributed by atoms with E-state index >= 15 is 0 Å². The van der Waals surface area contributed by atoms with Crippen molar-refractivity contribution in [3.8, 4) is 0 Å². The predicted molar refractivity (Wildman–Crippen MR) is 81.3 cm³/mol. The Bertz CT molecular complexity index is 599. The lowest BCUT2D eigenvalue weighted by Crippen LogP contribution is -2.69. The average molecular weight is 285 g/mol. The Morgan fingerprint density at radius 3 is 2.86 bits per heavy atom. The van der Waals surface area contributed by atoms with Gasteiger partial charge in [-0.3, -0.25) is 9.69 Å². The number of rotatable bonds is 2. The summed E-state index contributed by atoms with van der Waals surface area (Å²) in [5.41, 5.74) is 3.21. The highest BCUT2D eigenvalue weighted by atomic mass is 16.4. The largest absolute Gasteiger partial charge is 0.481 e. The normalized spacial score (nSPS) is 40.9. The number of likely N-dealkylation sites (N-methyl/N-ethyl adjacent to an activating group) is 1. The van der Waals surface area contributed by atoms with E-state index in [9.17, 15) is 9.90 Å². The summed E-state index contributed by atoms with van der Waals surface area (Å²) in [6.07, 6.45) is 4.08. The van der Waals surface area contributed by atoms with E-state index in [1.807, 2.05) is 0 Å². The Labute approximate surface area is 126 Å². The molecule has 5 atom stereocenters. The number of hydrogen-bond donors (Lipinski definition) is 1. The Balaban J connectivity index is 1.86. The van der Waals surface area contributed by atoms with Crippen molar-refractivity contribution < 1.29 is 9.90 Å². The summed E-state index contributed by atoms with van der Waals surface area (Å²) in [5.74, 6) is -0.288. The predicted octanol–water partition coefficient (Wildman–Crippen LogP) is 2.68. The van der Waals surface area contributed by atoms with Crippen LogP contribution in [0, 0.1) is 11.8 Å². The van der Waals surface area contributed by atoms with Crippen LogP contribution in [0.5, 0.6) is 0 Å². The van der Waals surface area contributed by atoms with Crippen LogP contribution in [0.4, 0.5) is 0 Å². The lowest BCUT2D eigenvalue weighted by molar-refractivity contribution is -0.159. The van der Waals surface area contributed by atoms with Crippen LogP contribution in [0.15, 0.2) is 24.3 Å². The molecule has 21 heavy (non-hydrogen) atoms. The van der Waals surface area contributed by atoms with E-state index in [1.54, 1.807) is 0 Å². The lowest BCUT2D eigenvalue weighted by atomic mass is 9.48. The monoisotopic (exact) mass is 285 g/mol. The number of aliphatic carboxylic acids is 1. The number of carbonyl (C=O) groups is 1. The minimum absolute atomic E-state index is 0.179. The maximum absolute atomic E-state index is 11.6. The Kier molecular flexibility index (Phi) is 2.74. The Morgan fingerprint density at radius 1 is 1.38 bits per heavy atom. The van der Waals surface area contributed by atoms with Crippen LogP contribution in [0.2, 0.25) is 0 Å². The third-order valence-electron chi connectivity index (χ3n) is 6.70. The second-order valence-electron chi connectivity index (χ2n) is 7.16. The third-order valence-corrected chi connectivity index (χ3v) is 6.70. The first-order chi connectivity index (χ1) is 10.1. The van der Waals surface area contributed by atoms with Gasteiger partial charge in [0.15, 0.2) is 0 Å². The summed E-state index contributed by atoms with van der Waals surface area (Å²) >= 11 is 0. The van der Waals surface area contributed by atoms with Crippen LogP contribution >= 0.6 is 0 Å². The van der Waals surface area contributed by atoms with Crippen molar-refractivity contribution in [1.82, 2.24) is 4.90 Å². The Morgan fingerprint density at radius 2 is 2.14 bits per heavy atom. The number of fused-ring (bicyclic) bond motifs is 2. The van der Waals surface area contributed by atoms with Crippen LogP contribution in [-0.4, -0.2) is 35.1 Å². The molecule has 3 nitrogen and oxygen atoms in total. The van der Waals surface area contributed by atoms with Crippen molar-refractivity contribution in [2.45, 2.75) is 50.1 Å². The van der Waals surface area contributed by atoms with E-state index in [0.717, 1.165) is 25.7 Å². The molecule has 4 aliphatic rings. The first-order valence-electron chi connectivity index (χ1n) is 8.11. The van der Waals surface area contributed by atoms with Crippen molar-refractivity contribution >= 4 is 5.97 Å². The molecule has 0 radical (unpaired) electrons. The van der Waals surface area contributed by atoms with Gasteiger partial charge in [-0.25, -0.2) is 0 Å². The highest BCUT2D eigenvalue weighted by Crippen LogP contribution is 2.59. The molecular weight excluding hydrogens is 262 g/mol. The third kappa shape index (κ3) is 1.56. The summed E-state index contributed by atoms with van der Waals surface area (Å²) in [5, 5.41) is 9.57.